The standard InChI is InChI=1S/C7H8O2Te.C2H6/c8-7(9)4-3-6-2-1-5-10-6;1-2/h1-2,5H,3-4H2,(H,8,9);1-2H3. The molecule has 1 heterocycles. The van der Waals surface area contributed by atoms with E-state index in [1.54, 1.807) is 0 Å². The van der Waals surface area contributed by atoms with Gasteiger partial charge < -0.3 is 0 Å². The molecule has 12 heavy (non-hydrogen) atoms. The van der Waals surface area contributed by atoms with Gasteiger partial charge in [-0.05, 0) is 0 Å². The fourth-order valence-electron chi connectivity index (χ4n) is 0.685. The van der Waals surface area contributed by atoms with Gasteiger partial charge >= 0.3 is 68.9 Å². The second-order valence-corrected chi connectivity index (χ2v) is 4.92. The summed E-state index contributed by atoms with van der Waals surface area (Å²) in [5.41, 5.74) is 0. The molecule has 3 heteroatoms. The Kier molecular flexibility index (Phi) is 7.23. The molecule has 1 N–H and O–H groups in total. The summed E-state index contributed by atoms with van der Waals surface area (Å²) in [7, 11) is 0. The Hall–Kier alpha value is -0.260. The fourth-order valence-corrected chi connectivity index (χ4v) is 2.71. The minimum absolute atomic E-state index is 0.0977. The summed E-state index contributed by atoms with van der Waals surface area (Å²) in [4.78, 5) is 10.1. The summed E-state index contributed by atoms with van der Waals surface area (Å²) in [5, 5.41) is 8.34. The van der Waals surface area contributed by atoms with E-state index in [1.165, 1.54) is 3.58 Å². The van der Waals surface area contributed by atoms with Crippen LogP contribution in [0.15, 0.2) is 16.2 Å². The maximum absolute atomic E-state index is 10.1. The number of aryl methyl sites for hydroxylation is 1. The van der Waals surface area contributed by atoms with Gasteiger partial charge in [0.05, 0.1) is 0 Å². The van der Waals surface area contributed by atoms with Crippen molar-refractivity contribution in [1.29, 1.82) is 0 Å². The van der Waals surface area contributed by atoms with Gasteiger partial charge in [-0.25, -0.2) is 0 Å². The van der Waals surface area contributed by atoms with Crippen LogP contribution in [0.4, 0.5) is 0 Å². The first-order chi connectivity index (χ1) is 5.79. The van der Waals surface area contributed by atoms with Crippen LogP contribution < -0.4 is 0 Å². The average molecular weight is 282 g/mol. The molecule has 0 spiro atoms. The molecule has 0 atom stereocenters. The molecule has 2 nitrogen and oxygen atoms in total. The molecule has 1 rings (SSSR count). The molecule has 0 unspecified atom stereocenters. The Morgan fingerprint density at radius 1 is 1.58 bits per heavy atom. The summed E-state index contributed by atoms with van der Waals surface area (Å²) in [6, 6.07) is 4.07. The molecule has 1 aromatic heterocycles. The number of carbonyl (C=O) groups is 1. The Balaban J connectivity index is 0.000000561. The third-order valence-electron chi connectivity index (χ3n) is 1.17. The van der Waals surface area contributed by atoms with E-state index in [1.807, 2.05) is 26.0 Å². The van der Waals surface area contributed by atoms with Gasteiger partial charge in [0.15, 0.2) is 0 Å². The van der Waals surface area contributed by atoms with Crippen molar-refractivity contribution >= 4 is 26.4 Å². The zero-order chi connectivity index (χ0) is 9.40. The van der Waals surface area contributed by atoms with Crippen molar-refractivity contribution in [2.75, 3.05) is 0 Å². The van der Waals surface area contributed by atoms with Gasteiger partial charge in [-0.15, -0.1) is 0 Å². The number of aliphatic carboxylic acids is 1. The maximum atomic E-state index is 10.1. The third-order valence-corrected chi connectivity index (χ3v) is 3.84. The molecule has 0 saturated carbocycles. The first kappa shape index (κ1) is 11.7. The molecule has 1 aromatic rings. The first-order valence-electron chi connectivity index (χ1n) is 4.03. The van der Waals surface area contributed by atoms with E-state index in [0.717, 1.165) is 6.42 Å². The Labute approximate surface area is 82.8 Å². The van der Waals surface area contributed by atoms with Gasteiger partial charge in [0.2, 0.25) is 0 Å². The average Bonchev–Trinajstić information content (AvgIpc) is 2.56. The molecule has 0 aliphatic heterocycles. The number of hydrogen-bond donors (Lipinski definition) is 1. The second-order valence-electron chi connectivity index (χ2n) is 1.97. The van der Waals surface area contributed by atoms with Crippen LogP contribution in [-0.2, 0) is 11.2 Å². The van der Waals surface area contributed by atoms with E-state index in [9.17, 15) is 4.79 Å². The molecule has 0 aliphatic rings. The zero-order valence-electron chi connectivity index (χ0n) is 7.41. The number of carboxylic acids is 1. The predicted molar refractivity (Wildman–Crippen MR) is 50.7 cm³/mol. The Morgan fingerprint density at radius 3 is 2.67 bits per heavy atom. The van der Waals surface area contributed by atoms with Crippen LogP contribution in [0.2, 0.25) is 0 Å². The van der Waals surface area contributed by atoms with Gasteiger partial charge in [-0.2, -0.15) is 0 Å². The molecule has 0 bridgehead atoms. The summed E-state index contributed by atoms with van der Waals surface area (Å²) in [6.45, 7) is 4.00. The van der Waals surface area contributed by atoms with Crippen LogP contribution in [0.1, 0.15) is 23.8 Å². The summed E-state index contributed by atoms with van der Waals surface area (Å²) in [5.74, 6) is -0.694. The van der Waals surface area contributed by atoms with E-state index < -0.39 is 5.97 Å². The van der Waals surface area contributed by atoms with E-state index in [-0.39, 0.29) is 26.9 Å². The third kappa shape index (κ3) is 5.40. The number of carboxylic acid groups (broad SMARTS) is 1. The summed E-state index contributed by atoms with van der Waals surface area (Å²) in [6.07, 6.45) is 1.04. The SMILES string of the molecule is CC.O=C(O)CCc1ccc[te]1. The fraction of sp³-hybridized carbons (Fsp3) is 0.444. The van der Waals surface area contributed by atoms with Crippen LogP contribution in [0.5, 0.6) is 0 Å². The number of rotatable bonds is 3. The van der Waals surface area contributed by atoms with Crippen LogP contribution in [0.3, 0.4) is 0 Å². The zero-order valence-corrected chi connectivity index (χ0v) is 9.74. The van der Waals surface area contributed by atoms with Gasteiger partial charge in [-0.3, -0.25) is 0 Å². The quantitative estimate of drug-likeness (QED) is 0.858. The van der Waals surface area contributed by atoms with Gasteiger partial charge in [0.1, 0.15) is 0 Å². The van der Waals surface area contributed by atoms with Gasteiger partial charge in [-0.1, -0.05) is 13.8 Å². The van der Waals surface area contributed by atoms with E-state index in [2.05, 4.69) is 4.08 Å². The van der Waals surface area contributed by atoms with Gasteiger partial charge in [0.25, 0.3) is 0 Å². The van der Waals surface area contributed by atoms with Crippen LogP contribution in [0, 0.1) is 0 Å². The summed E-state index contributed by atoms with van der Waals surface area (Å²) < 4.78 is 3.52. The molecule has 0 radical (unpaired) electrons. The predicted octanol–water partition coefficient (Wildman–Crippen LogP) is 1.79. The van der Waals surface area contributed by atoms with Crippen molar-refractivity contribution in [3.05, 3.63) is 19.8 Å². The Bertz CT molecular complexity index is 204. The van der Waals surface area contributed by atoms with Crippen molar-refractivity contribution in [2.45, 2.75) is 26.7 Å². The summed E-state index contributed by atoms with van der Waals surface area (Å²) >= 11 is -0.0977. The van der Waals surface area contributed by atoms with Crippen molar-refractivity contribution in [3.8, 4) is 0 Å². The van der Waals surface area contributed by atoms with Crippen molar-refractivity contribution in [3.63, 3.8) is 0 Å². The molecule has 68 valence electrons. The molecular formula is C9H14O2Te. The molecular weight excluding hydrogens is 268 g/mol. The number of hydrogen-bond acceptors (Lipinski definition) is 1. The topological polar surface area (TPSA) is 37.3 Å². The molecule has 0 aliphatic carbocycles. The van der Waals surface area contributed by atoms with Gasteiger partial charge in [0, 0.05) is 0 Å². The van der Waals surface area contributed by atoms with E-state index >= 15 is 0 Å². The molecule has 0 aromatic carbocycles. The monoisotopic (exact) mass is 284 g/mol. The van der Waals surface area contributed by atoms with Crippen LogP contribution in [0.25, 0.3) is 0 Å². The first-order valence-corrected chi connectivity index (χ1v) is 6.54. The molecule has 0 amide bonds. The Morgan fingerprint density at radius 2 is 2.25 bits per heavy atom. The second kappa shape index (κ2) is 7.39. The van der Waals surface area contributed by atoms with Crippen molar-refractivity contribution in [2.24, 2.45) is 0 Å². The molecule has 0 fully saturated rings. The van der Waals surface area contributed by atoms with Crippen molar-refractivity contribution < 1.29 is 9.90 Å². The molecule has 0 saturated heterocycles. The minimum atomic E-state index is -0.694. The van der Waals surface area contributed by atoms with Crippen molar-refractivity contribution in [1.82, 2.24) is 0 Å². The van der Waals surface area contributed by atoms with E-state index in [0.29, 0.717) is 0 Å². The normalized spacial score (nSPS) is 8.50. The van der Waals surface area contributed by atoms with Crippen LogP contribution in [-0.4, -0.2) is 31.5 Å². The van der Waals surface area contributed by atoms with Crippen LogP contribution >= 0.6 is 0 Å². The van der Waals surface area contributed by atoms with E-state index in [4.69, 9.17) is 5.11 Å².